The van der Waals surface area contributed by atoms with Gasteiger partial charge in [0.25, 0.3) is 0 Å². The number of rotatable bonds is 1. The Morgan fingerprint density at radius 2 is 1.83 bits per heavy atom. The predicted molar refractivity (Wildman–Crippen MR) is 134 cm³/mol. The summed E-state index contributed by atoms with van der Waals surface area (Å²) in [5, 5.41) is 21.6. The third-order valence-electron chi connectivity index (χ3n) is 7.41. The number of aryl methyl sites for hydroxylation is 1. The van der Waals surface area contributed by atoms with Crippen molar-refractivity contribution in [1.29, 1.82) is 0 Å². The van der Waals surface area contributed by atoms with Gasteiger partial charge in [-0.1, -0.05) is 45.4 Å². The third kappa shape index (κ3) is 6.39. The highest BCUT2D eigenvalue weighted by Crippen LogP contribution is 2.33. The zero-order chi connectivity index (χ0) is 25.9. The molecule has 0 radical (unpaired) electrons. The van der Waals surface area contributed by atoms with Crippen LogP contribution in [0, 0.1) is 24.2 Å². The Morgan fingerprint density at radius 1 is 1.11 bits per heavy atom. The first-order valence-electron chi connectivity index (χ1n) is 12.5. The topological polar surface area (TPSA) is 110 Å². The fourth-order valence-corrected chi connectivity index (χ4v) is 4.81. The molecule has 0 unspecified atom stereocenters. The molecule has 1 aromatic heterocycles. The average molecular weight is 486 g/mol. The zero-order valence-corrected chi connectivity index (χ0v) is 21.7. The first-order chi connectivity index (χ1) is 16.4. The van der Waals surface area contributed by atoms with Gasteiger partial charge in [-0.05, 0) is 49.8 Å². The van der Waals surface area contributed by atoms with E-state index in [1.165, 1.54) is 5.57 Å². The number of fused-ring (bicyclic) bond motifs is 1. The van der Waals surface area contributed by atoms with Gasteiger partial charge in [0.05, 0.1) is 24.0 Å². The number of carbonyl (C=O) groups is 2. The molecule has 0 spiro atoms. The molecule has 35 heavy (non-hydrogen) atoms. The Kier molecular flexibility index (Phi) is 8.54. The smallest absolute Gasteiger partial charge is 0.309 e. The van der Waals surface area contributed by atoms with Crippen molar-refractivity contribution in [2.75, 3.05) is 0 Å². The monoisotopic (exact) mass is 485 g/mol. The van der Waals surface area contributed by atoms with E-state index >= 15 is 0 Å². The van der Waals surface area contributed by atoms with E-state index in [9.17, 15) is 19.8 Å². The van der Waals surface area contributed by atoms with Crippen molar-refractivity contribution >= 4 is 22.9 Å². The number of allylic oxidation sites excluding steroid dienone is 1. The Balaban J connectivity index is 1.91. The largest absolute Gasteiger partial charge is 0.457 e. The number of cyclic esters (lactones) is 1. The number of esters is 1. The van der Waals surface area contributed by atoms with Crippen molar-refractivity contribution in [3.05, 3.63) is 41.3 Å². The molecule has 0 amide bonds. The van der Waals surface area contributed by atoms with Crippen molar-refractivity contribution in [1.82, 2.24) is 4.98 Å². The van der Waals surface area contributed by atoms with Crippen LogP contribution in [0.4, 0.5) is 0 Å². The van der Waals surface area contributed by atoms with E-state index in [0.717, 1.165) is 24.8 Å². The van der Waals surface area contributed by atoms with Gasteiger partial charge in [0.15, 0.2) is 11.5 Å². The minimum absolute atomic E-state index is 0.0574. The predicted octanol–water partition coefficient (Wildman–Crippen LogP) is 5.22. The van der Waals surface area contributed by atoms with Gasteiger partial charge < -0.3 is 19.4 Å². The number of aromatic nitrogens is 1. The molecule has 0 saturated heterocycles. The molecule has 1 aliphatic rings. The summed E-state index contributed by atoms with van der Waals surface area (Å²) in [6.45, 7) is 10.7. The normalized spacial score (nSPS) is 29.6. The molecule has 5 atom stereocenters. The lowest BCUT2D eigenvalue weighted by atomic mass is 9.73. The van der Waals surface area contributed by atoms with Crippen molar-refractivity contribution in [3.8, 4) is 0 Å². The van der Waals surface area contributed by atoms with Gasteiger partial charge in [-0.15, -0.1) is 0 Å². The maximum Gasteiger partial charge on any atom is 0.309 e. The molecule has 0 fully saturated rings. The van der Waals surface area contributed by atoms with E-state index in [4.69, 9.17) is 9.15 Å². The quantitative estimate of drug-likeness (QED) is 0.421. The second-order valence-corrected chi connectivity index (χ2v) is 10.7. The molecular formula is C28H39NO6. The Morgan fingerprint density at radius 3 is 2.54 bits per heavy atom. The van der Waals surface area contributed by atoms with Crippen molar-refractivity contribution < 1.29 is 29.0 Å². The van der Waals surface area contributed by atoms with Gasteiger partial charge in [-0.3, -0.25) is 9.59 Å². The maximum atomic E-state index is 13.2. The number of ether oxygens (including phenoxy) is 1. The molecule has 2 N–H and O–H groups in total. The summed E-state index contributed by atoms with van der Waals surface area (Å²) in [5.41, 5.74) is 2.11. The van der Waals surface area contributed by atoms with Crippen LogP contribution in [-0.2, 0) is 14.3 Å². The first-order valence-corrected chi connectivity index (χ1v) is 12.5. The number of hydrogen-bond acceptors (Lipinski definition) is 7. The van der Waals surface area contributed by atoms with Gasteiger partial charge in [0, 0.05) is 19.3 Å². The summed E-state index contributed by atoms with van der Waals surface area (Å²) in [6, 6.07) is 5.54. The fraction of sp³-hybridized carbons (Fsp3) is 0.607. The Bertz CT molecular complexity index is 1080. The van der Waals surface area contributed by atoms with Gasteiger partial charge in [0.2, 0.25) is 0 Å². The fourth-order valence-electron chi connectivity index (χ4n) is 4.81. The number of oxazole rings is 1. The molecule has 2 heterocycles. The number of aliphatic hydroxyl groups excluding tert-OH is 2. The highest BCUT2D eigenvalue weighted by Gasteiger charge is 2.42. The maximum absolute atomic E-state index is 13.2. The van der Waals surface area contributed by atoms with Crippen LogP contribution in [-0.4, -0.2) is 39.2 Å². The summed E-state index contributed by atoms with van der Waals surface area (Å²) in [5.74, 6) is -0.992. The van der Waals surface area contributed by atoms with Gasteiger partial charge in [-0.25, -0.2) is 4.98 Å². The molecule has 192 valence electrons. The summed E-state index contributed by atoms with van der Waals surface area (Å²) in [6.07, 6.45) is 2.15. The van der Waals surface area contributed by atoms with Crippen molar-refractivity contribution in [2.45, 2.75) is 92.0 Å². The molecule has 7 nitrogen and oxygen atoms in total. The van der Waals surface area contributed by atoms with E-state index < -0.39 is 35.6 Å². The van der Waals surface area contributed by atoms with Crippen LogP contribution in [0.15, 0.2) is 34.3 Å². The second kappa shape index (κ2) is 11.0. The zero-order valence-electron chi connectivity index (χ0n) is 21.7. The Labute approximate surface area is 207 Å². The van der Waals surface area contributed by atoms with Crippen LogP contribution in [0.2, 0.25) is 0 Å². The lowest BCUT2D eigenvalue weighted by Gasteiger charge is -2.34. The number of Topliss-reactive ketones (excluding diaryl/α,β-unsaturated/α-hetero) is 1. The van der Waals surface area contributed by atoms with Crippen molar-refractivity contribution in [3.63, 3.8) is 0 Å². The van der Waals surface area contributed by atoms with Gasteiger partial charge >= 0.3 is 5.97 Å². The van der Waals surface area contributed by atoms with Crippen LogP contribution < -0.4 is 0 Å². The summed E-state index contributed by atoms with van der Waals surface area (Å²) in [7, 11) is 0. The molecule has 3 rings (SSSR count). The molecule has 0 saturated carbocycles. The molecule has 7 heteroatoms. The first kappa shape index (κ1) is 27.1. The number of carbonyl (C=O) groups excluding carboxylic acids is 2. The molecular weight excluding hydrogens is 446 g/mol. The molecule has 1 aromatic carbocycles. The lowest BCUT2D eigenvalue weighted by Crippen LogP contribution is -2.45. The van der Waals surface area contributed by atoms with E-state index in [0.29, 0.717) is 23.4 Å². The van der Waals surface area contributed by atoms with E-state index in [-0.39, 0.29) is 18.1 Å². The SMILES string of the molecule is CC1=CC[C@@H](c2ccc3oc(C)nc3c2)OC(=O)C[C@H](O)C(C)(C)C(=O)[C@H](C)[C@@H](O)[C@@H](C)CCC1. The molecule has 2 aromatic rings. The Hall–Kier alpha value is -2.51. The standard InChI is InChI=1S/C28H39NO6/c1-16-8-7-9-17(2)26(32)18(3)27(33)28(5,6)24(30)15-25(31)35-22(12-10-16)20-11-13-23-21(14-20)29-19(4)34-23/h10-11,13-14,17-18,22,24,26,30,32H,7-9,12,15H2,1-6H3/t17-,18+,22-,24-,26-/m0/s1. The van der Waals surface area contributed by atoms with E-state index in [1.54, 1.807) is 27.7 Å². The van der Waals surface area contributed by atoms with Gasteiger partial charge in [0.1, 0.15) is 17.4 Å². The number of ketones is 1. The van der Waals surface area contributed by atoms with Crippen LogP contribution in [0.1, 0.15) is 84.3 Å². The molecule has 0 bridgehead atoms. The van der Waals surface area contributed by atoms with E-state index in [2.05, 4.69) is 11.1 Å². The number of hydrogen-bond donors (Lipinski definition) is 2. The minimum Gasteiger partial charge on any atom is -0.457 e. The summed E-state index contributed by atoms with van der Waals surface area (Å²) >= 11 is 0. The number of aliphatic hydroxyl groups is 2. The average Bonchev–Trinajstić information content (AvgIpc) is 3.18. The van der Waals surface area contributed by atoms with E-state index in [1.807, 2.05) is 32.0 Å². The van der Waals surface area contributed by atoms with Crippen LogP contribution in [0.25, 0.3) is 11.1 Å². The summed E-state index contributed by atoms with van der Waals surface area (Å²) < 4.78 is 11.4. The second-order valence-electron chi connectivity index (χ2n) is 10.7. The third-order valence-corrected chi connectivity index (χ3v) is 7.41. The highest BCUT2D eigenvalue weighted by molar-refractivity contribution is 5.88. The summed E-state index contributed by atoms with van der Waals surface area (Å²) in [4.78, 5) is 30.5. The lowest BCUT2D eigenvalue weighted by molar-refractivity contribution is -0.155. The van der Waals surface area contributed by atoms with Crippen LogP contribution in [0.3, 0.4) is 0 Å². The highest BCUT2D eigenvalue weighted by atomic mass is 16.5. The number of nitrogens with zero attached hydrogens (tertiary/aromatic N) is 1. The molecule has 1 aliphatic heterocycles. The van der Waals surface area contributed by atoms with Crippen LogP contribution >= 0.6 is 0 Å². The van der Waals surface area contributed by atoms with Gasteiger partial charge in [-0.2, -0.15) is 0 Å². The number of benzene rings is 1. The van der Waals surface area contributed by atoms with Crippen molar-refractivity contribution in [2.24, 2.45) is 17.3 Å². The van der Waals surface area contributed by atoms with Crippen LogP contribution in [0.5, 0.6) is 0 Å². The molecule has 0 aliphatic carbocycles. The minimum atomic E-state index is -1.24.